The Morgan fingerprint density at radius 1 is 1.38 bits per heavy atom. The molecule has 0 amide bonds. The maximum absolute atomic E-state index is 11.5. The van der Waals surface area contributed by atoms with E-state index in [9.17, 15) is 8.42 Å². The van der Waals surface area contributed by atoms with Crippen molar-refractivity contribution >= 4 is 15.8 Å². The lowest BCUT2D eigenvalue weighted by Gasteiger charge is -2.30. The van der Waals surface area contributed by atoms with E-state index < -0.39 is 10.0 Å². The van der Waals surface area contributed by atoms with Crippen LogP contribution in [0.25, 0.3) is 0 Å². The molecule has 2 heterocycles. The lowest BCUT2D eigenvalue weighted by molar-refractivity contribution is 0.274. The first-order valence-corrected chi connectivity index (χ1v) is 9.08. The van der Waals surface area contributed by atoms with E-state index in [4.69, 9.17) is 5.11 Å². The highest BCUT2D eigenvalue weighted by Gasteiger charge is 2.24. The molecule has 1 aliphatic heterocycles. The SMILES string of the molecule is CS(=O)(=O)N1CCC(Cc2ccc(NCCO)nc2)CC1. The zero-order valence-electron chi connectivity index (χ0n) is 12.3. The van der Waals surface area contributed by atoms with Crippen LogP contribution in [0.4, 0.5) is 5.82 Å². The van der Waals surface area contributed by atoms with Crippen LogP contribution in [0.1, 0.15) is 18.4 Å². The summed E-state index contributed by atoms with van der Waals surface area (Å²) in [5, 5.41) is 11.8. The van der Waals surface area contributed by atoms with Crippen molar-refractivity contribution < 1.29 is 13.5 Å². The minimum absolute atomic E-state index is 0.0857. The molecule has 0 aliphatic carbocycles. The van der Waals surface area contributed by atoms with Crippen molar-refractivity contribution in [1.29, 1.82) is 0 Å². The van der Waals surface area contributed by atoms with E-state index in [-0.39, 0.29) is 6.61 Å². The highest BCUT2D eigenvalue weighted by atomic mass is 32.2. The van der Waals surface area contributed by atoms with Gasteiger partial charge in [-0.25, -0.2) is 17.7 Å². The number of nitrogens with zero attached hydrogens (tertiary/aromatic N) is 2. The topological polar surface area (TPSA) is 82.5 Å². The molecule has 0 spiro atoms. The van der Waals surface area contributed by atoms with Gasteiger partial charge in [0.2, 0.25) is 10.0 Å². The van der Waals surface area contributed by atoms with Crippen LogP contribution in [0.2, 0.25) is 0 Å². The Hall–Kier alpha value is -1.18. The van der Waals surface area contributed by atoms with E-state index in [0.717, 1.165) is 25.1 Å². The Kier molecular flexibility index (Phi) is 5.55. The van der Waals surface area contributed by atoms with Crippen molar-refractivity contribution in [3.05, 3.63) is 23.9 Å². The van der Waals surface area contributed by atoms with E-state index in [0.29, 0.717) is 25.6 Å². The van der Waals surface area contributed by atoms with Crippen LogP contribution in [0.3, 0.4) is 0 Å². The first-order chi connectivity index (χ1) is 9.99. The average molecular weight is 313 g/mol. The second-order valence-corrected chi connectivity index (χ2v) is 7.49. The summed E-state index contributed by atoms with van der Waals surface area (Å²) in [7, 11) is -3.04. The van der Waals surface area contributed by atoms with E-state index in [1.54, 1.807) is 4.31 Å². The van der Waals surface area contributed by atoms with Crippen LogP contribution in [0, 0.1) is 5.92 Å². The molecule has 0 saturated carbocycles. The van der Waals surface area contributed by atoms with Crippen LogP contribution in [0.15, 0.2) is 18.3 Å². The summed E-state index contributed by atoms with van der Waals surface area (Å²) in [5.74, 6) is 1.28. The number of piperidine rings is 1. The molecule has 6 nitrogen and oxygen atoms in total. The van der Waals surface area contributed by atoms with Crippen molar-refractivity contribution in [2.45, 2.75) is 19.3 Å². The predicted octanol–water partition coefficient (Wildman–Crippen LogP) is 0.700. The number of hydrogen-bond donors (Lipinski definition) is 2. The number of pyridine rings is 1. The van der Waals surface area contributed by atoms with E-state index >= 15 is 0 Å². The molecule has 0 atom stereocenters. The third-order valence-electron chi connectivity index (χ3n) is 3.81. The standard InChI is InChI=1S/C14H23N3O3S/c1-21(19,20)17-7-4-12(5-8-17)10-13-2-3-14(16-11-13)15-6-9-18/h2-3,11-12,18H,4-10H2,1H3,(H,15,16). The highest BCUT2D eigenvalue weighted by Crippen LogP contribution is 2.23. The van der Waals surface area contributed by atoms with E-state index in [1.165, 1.54) is 11.8 Å². The predicted molar refractivity (Wildman–Crippen MR) is 82.7 cm³/mol. The van der Waals surface area contributed by atoms with Crippen LogP contribution in [-0.4, -0.2) is 55.3 Å². The van der Waals surface area contributed by atoms with Gasteiger partial charge < -0.3 is 10.4 Å². The molecule has 0 bridgehead atoms. The smallest absolute Gasteiger partial charge is 0.211 e. The fourth-order valence-corrected chi connectivity index (χ4v) is 3.49. The number of sulfonamides is 1. The molecule has 1 saturated heterocycles. The number of aromatic nitrogens is 1. The number of rotatable bonds is 6. The maximum atomic E-state index is 11.5. The third-order valence-corrected chi connectivity index (χ3v) is 5.11. The van der Waals surface area contributed by atoms with Gasteiger partial charge in [0.15, 0.2) is 0 Å². The molecule has 0 aromatic carbocycles. The molecule has 21 heavy (non-hydrogen) atoms. The van der Waals surface area contributed by atoms with Gasteiger partial charge in [-0.1, -0.05) is 6.07 Å². The average Bonchev–Trinajstić information content (AvgIpc) is 2.46. The summed E-state index contributed by atoms with van der Waals surface area (Å²) < 4.78 is 24.5. The summed E-state index contributed by atoms with van der Waals surface area (Å²) in [6.45, 7) is 1.82. The van der Waals surface area contributed by atoms with Gasteiger partial charge in [-0.15, -0.1) is 0 Å². The van der Waals surface area contributed by atoms with Crippen LogP contribution in [-0.2, 0) is 16.4 Å². The van der Waals surface area contributed by atoms with Gasteiger partial charge in [0.05, 0.1) is 12.9 Å². The van der Waals surface area contributed by atoms with Gasteiger partial charge in [-0.3, -0.25) is 0 Å². The Morgan fingerprint density at radius 3 is 2.62 bits per heavy atom. The largest absolute Gasteiger partial charge is 0.395 e. The van der Waals surface area contributed by atoms with Gasteiger partial charge in [0.25, 0.3) is 0 Å². The van der Waals surface area contributed by atoms with Gasteiger partial charge in [-0.2, -0.15) is 0 Å². The Morgan fingerprint density at radius 2 is 2.10 bits per heavy atom. The van der Waals surface area contributed by atoms with Crippen molar-refractivity contribution in [3.8, 4) is 0 Å². The van der Waals surface area contributed by atoms with Crippen LogP contribution >= 0.6 is 0 Å². The van der Waals surface area contributed by atoms with Gasteiger partial charge in [0.1, 0.15) is 5.82 Å². The highest BCUT2D eigenvalue weighted by molar-refractivity contribution is 7.88. The Bertz CT molecular complexity index is 537. The summed E-state index contributed by atoms with van der Waals surface area (Å²) >= 11 is 0. The second kappa shape index (κ2) is 7.20. The third kappa shape index (κ3) is 4.94. The van der Waals surface area contributed by atoms with Gasteiger partial charge in [-0.05, 0) is 36.8 Å². The van der Waals surface area contributed by atoms with E-state index in [2.05, 4.69) is 10.3 Å². The Balaban J connectivity index is 1.83. The number of aliphatic hydroxyl groups is 1. The van der Waals surface area contributed by atoms with Gasteiger partial charge in [0, 0.05) is 25.8 Å². The lowest BCUT2D eigenvalue weighted by atomic mass is 9.91. The number of aliphatic hydroxyl groups excluding tert-OH is 1. The minimum atomic E-state index is -3.04. The van der Waals surface area contributed by atoms with Crippen molar-refractivity contribution in [3.63, 3.8) is 0 Å². The zero-order chi connectivity index (χ0) is 15.3. The quantitative estimate of drug-likeness (QED) is 0.808. The number of hydrogen-bond acceptors (Lipinski definition) is 5. The molecule has 1 aromatic heterocycles. The first-order valence-electron chi connectivity index (χ1n) is 7.24. The molecule has 2 N–H and O–H groups in total. The zero-order valence-corrected chi connectivity index (χ0v) is 13.1. The Labute approximate surface area is 126 Å². The summed E-state index contributed by atoms with van der Waals surface area (Å²) in [5.41, 5.74) is 1.17. The molecule has 1 aliphatic rings. The molecule has 0 unspecified atom stereocenters. The normalized spacial score (nSPS) is 17.8. The molecule has 0 radical (unpaired) electrons. The second-order valence-electron chi connectivity index (χ2n) is 5.51. The summed E-state index contributed by atoms with van der Waals surface area (Å²) in [4.78, 5) is 4.31. The van der Waals surface area contributed by atoms with Crippen LogP contribution < -0.4 is 5.32 Å². The fourth-order valence-electron chi connectivity index (χ4n) is 2.61. The van der Waals surface area contributed by atoms with E-state index in [1.807, 2.05) is 18.3 Å². The molecular weight excluding hydrogens is 290 g/mol. The molecule has 1 aromatic rings. The molecule has 118 valence electrons. The molecule has 1 fully saturated rings. The molecular formula is C14H23N3O3S. The van der Waals surface area contributed by atoms with Crippen molar-refractivity contribution in [2.24, 2.45) is 5.92 Å². The fraction of sp³-hybridized carbons (Fsp3) is 0.643. The summed E-state index contributed by atoms with van der Waals surface area (Å²) in [6.07, 6.45) is 5.86. The number of anilines is 1. The van der Waals surface area contributed by atoms with Crippen molar-refractivity contribution in [1.82, 2.24) is 9.29 Å². The minimum Gasteiger partial charge on any atom is -0.395 e. The number of nitrogens with one attached hydrogen (secondary N) is 1. The lowest BCUT2D eigenvalue weighted by Crippen LogP contribution is -2.38. The van der Waals surface area contributed by atoms with Crippen LogP contribution in [0.5, 0.6) is 0 Å². The molecule has 7 heteroatoms. The monoisotopic (exact) mass is 313 g/mol. The summed E-state index contributed by atoms with van der Waals surface area (Å²) in [6, 6.07) is 3.95. The molecule has 2 rings (SSSR count). The first kappa shape index (κ1) is 16.2. The van der Waals surface area contributed by atoms with Gasteiger partial charge >= 0.3 is 0 Å². The van der Waals surface area contributed by atoms with Crippen molar-refractivity contribution in [2.75, 3.05) is 37.8 Å². The maximum Gasteiger partial charge on any atom is 0.211 e.